The number of nitrogens with one attached hydrogen (secondary N) is 1. The molecule has 2 rings (SSSR count). The zero-order valence-electron chi connectivity index (χ0n) is 14.0. The van der Waals surface area contributed by atoms with Crippen LogP contribution in [-0.4, -0.2) is 5.91 Å². The van der Waals surface area contributed by atoms with Crippen molar-refractivity contribution in [2.24, 2.45) is 0 Å². The Balaban J connectivity index is 2.17. The van der Waals surface area contributed by atoms with Gasteiger partial charge in [-0.05, 0) is 41.8 Å². The molecule has 0 aliphatic heterocycles. The minimum Gasteiger partial charge on any atom is -0.326 e. The molecule has 0 unspecified atom stereocenters. The number of halogens is 4. The third-order valence-corrected chi connectivity index (χ3v) is 4.16. The van der Waals surface area contributed by atoms with E-state index in [1.807, 2.05) is 19.1 Å². The summed E-state index contributed by atoms with van der Waals surface area (Å²) in [5, 5.41) is 2.23. The number of alkyl halides is 3. The minimum atomic E-state index is -4.56. The molecule has 1 N–H and O–H groups in total. The van der Waals surface area contributed by atoms with Gasteiger partial charge in [0.15, 0.2) is 0 Å². The van der Waals surface area contributed by atoms with Crippen LogP contribution in [0.2, 0.25) is 5.02 Å². The molecule has 0 radical (unpaired) electrons. The van der Waals surface area contributed by atoms with Crippen molar-refractivity contribution in [1.29, 1.82) is 0 Å². The Morgan fingerprint density at radius 1 is 1.27 bits per heavy atom. The summed E-state index contributed by atoms with van der Waals surface area (Å²) in [6.07, 6.45) is 0.444. The van der Waals surface area contributed by atoms with E-state index in [0.717, 1.165) is 17.2 Å². The van der Waals surface area contributed by atoms with E-state index in [4.69, 9.17) is 11.6 Å². The van der Waals surface area contributed by atoms with E-state index in [-0.39, 0.29) is 12.0 Å². The standard InChI is InChI=1S/C20H17ClF3NO/c1-3-4-6-14-11-16(10-9-13(14)2)25-18(26)12-15-7-5-8-17(19(15)21)20(22,23)24/h3-11H,1,12H2,2H3,(H,25,26)/b6-4-. The summed E-state index contributed by atoms with van der Waals surface area (Å²) in [5.74, 6) is -0.450. The number of allylic oxidation sites excluding steroid dienone is 2. The summed E-state index contributed by atoms with van der Waals surface area (Å²) in [7, 11) is 0. The van der Waals surface area contributed by atoms with Gasteiger partial charge in [0, 0.05) is 5.69 Å². The van der Waals surface area contributed by atoms with Gasteiger partial charge in [-0.2, -0.15) is 13.2 Å². The number of benzene rings is 2. The third kappa shape index (κ3) is 4.99. The molecule has 2 aromatic rings. The molecule has 0 aliphatic carbocycles. The maximum absolute atomic E-state index is 12.9. The van der Waals surface area contributed by atoms with E-state index in [1.54, 1.807) is 24.3 Å². The molecule has 0 heterocycles. The number of carbonyl (C=O) groups excluding carboxylic acids is 1. The number of carbonyl (C=O) groups is 1. The highest BCUT2D eigenvalue weighted by atomic mass is 35.5. The maximum atomic E-state index is 12.9. The first-order valence-corrected chi connectivity index (χ1v) is 8.14. The number of rotatable bonds is 5. The zero-order chi connectivity index (χ0) is 19.3. The Hall–Kier alpha value is -2.53. The van der Waals surface area contributed by atoms with E-state index < -0.39 is 22.7 Å². The molecule has 0 aromatic heterocycles. The lowest BCUT2D eigenvalue weighted by atomic mass is 10.1. The number of hydrogen-bond acceptors (Lipinski definition) is 1. The smallest absolute Gasteiger partial charge is 0.326 e. The second kappa shape index (κ2) is 8.23. The fourth-order valence-corrected chi connectivity index (χ4v) is 2.68. The minimum absolute atomic E-state index is 0.123. The molecule has 0 fully saturated rings. The topological polar surface area (TPSA) is 29.1 Å². The predicted molar refractivity (Wildman–Crippen MR) is 99.2 cm³/mol. The second-order valence-corrected chi connectivity index (χ2v) is 6.05. The van der Waals surface area contributed by atoms with Gasteiger partial charge in [0.2, 0.25) is 5.91 Å². The first-order chi connectivity index (χ1) is 12.2. The summed E-state index contributed by atoms with van der Waals surface area (Å²) in [5.41, 5.74) is 1.64. The molecule has 0 saturated heterocycles. The average Bonchev–Trinajstić information content (AvgIpc) is 2.56. The van der Waals surface area contributed by atoms with Crippen molar-refractivity contribution in [2.75, 3.05) is 5.32 Å². The van der Waals surface area contributed by atoms with E-state index in [9.17, 15) is 18.0 Å². The van der Waals surface area contributed by atoms with Gasteiger partial charge >= 0.3 is 6.18 Å². The van der Waals surface area contributed by atoms with Crippen LogP contribution in [0.15, 0.2) is 55.1 Å². The van der Waals surface area contributed by atoms with Crippen LogP contribution in [0.4, 0.5) is 18.9 Å². The molecule has 136 valence electrons. The van der Waals surface area contributed by atoms with Crippen LogP contribution in [0.3, 0.4) is 0 Å². The Bertz CT molecular complexity index is 857. The molecule has 26 heavy (non-hydrogen) atoms. The lowest BCUT2D eigenvalue weighted by Crippen LogP contribution is -2.16. The van der Waals surface area contributed by atoms with Crippen molar-refractivity contribution in [3.8, 4) is 0 Å². The summed E-state index contributed by atoms with van der Waals surface area (Å²) in [6.45, 7) is 5.53. The molecule has 0 aliphatic rings. The molecule has 2 aromatic carbocycles. The number of aryl methyl sites for hydroxylation is 1. The number of amides is 1. The molecule has 0 spiro atoms. The van der Waals surface area contributed by atoms with E-state index >= 15 is 0 Å². The van der Waals surface area contributed by atoms with Crippen molar-refractivity contribution < 1.29 is 18.0 Å². The maximum Gasteiger partial charge on any atom is 0.417 e. The molecule has 1 amide bonds. The van der Waals surface area contributed by atoms with E-state index in [0.29, 0.717) is 5.69 Å². The normalized spacial score (nSPS) is 11.6. The Morgan fingerprint density at radius 2 is 2.00 bits per heavy atom. The molecule has 0 atom stereocenters. The highest BCUT2D eigenvalue weighted by Crippen LogP contribution is 2.36. The second-order valence-electron chi connectivity index (χ2n) is 5.67. The van der Waals surface area contributed by atoms with Crippen LogP contribution >= 0.6 is 11.6 Å². The van der Waals surface area contributed by atoms with Crippen molar-refractivity contribution in [1.82, 2.24) is 0 Å². The summed E-state index contributed by atoms with van der Waals surface area (Å²) >= 11 is 5.83. The van der Waals surface area contributed by atoms with Crippen molar-refractivity contribution in [2.45, 2.75) is 19.5 Å². The van der Waals surface area contributed by atoms with Gasteiger partial charge in [-0.25, -0.2) is 0 Å². The lowest BCUT2D eigenvalue weighted by molar-refractivity contribution is -0.137. The number of anilines is 1. The van der Waals surface area contributed by atoms with Gasteiger partial charge < -0.3 is 5.32 Å². The molecule has 0 bridgehead atoms. The van der Waals surface area contributed by atoms with Crippen LogP contribution in [0.5, 0.6) is 0 Å². The van der Waals surface area contributed by atoms with Crippen LogP contribution in [0, 0.1) is 6.92 Å². The molecular weight excluding hydrogens is 363 g/mol. The van der Waals surface area contributed by atoms with Gasteiger partial charge in [0.1, 0.15) is 0 Å². The first-order valence-electron chi connectivity index (χ1n) is 7.76. The Labute approximate surface area is 155 Å². The van der Waals surface area contributed by atoms with Gasteiger partial charge in [-0.15, -0.1) is 0 Å². The Morgan fingerprint density at radius 3 is 2.65 bits per heavy atom. The molecule has 0 saturated carbocycles. The van der Waals surface area contributed by atoms with Crippen LogP contribution in [0.25, 0.3) is 6.08 Å². The van der Waals surface area contributed by atoms with Crippen molar-refractivity contribution in [3.05, 3.63) is 82.4 Å². The van der Waals surface area contributed by atoms with Gasteiger partial charge in [0.05, 0.1) is 17.0 Å². The summed E-state index contributed by atoms with van der Waals surface area (Å²) in [4.78, 5) is 12.2. The highest BCUT2D eigenvalue weighted by molar-refractivity contribution is 6.32. The van der Waals surface area contributed by atoms with Crippen LogP contribution in [-0.2, 0) is 17.4 Å². The average molecular weight is 380 g/mol. The van der Waals surface area contributed by atoms with Crippen molar-refractivity contribution in [3.63, 3.8) is 0 Å². The summed E-state index contributed by atoms with van der Waals surface area (Å²) < 4.78 is 38.7. The fourth-order valence-electron chi connectivity index (χ4n) is 2.38. The third-order valence-electron chi connectivity index (χ3n) is 3.71. The quantitative estimate of drug-likeness (QED) is 0.630. The molecule has 2 nitrogen and oxygen atoms in total. The van der Waals surface area contributed by atoms with E-state index in [1.165, 1.54) is 12.1 Å². The van der Waals surface area contributed by atoms with Gasteiger partial charge in [0.25, 0.3) is 0 Å². The number of hydrogen-bond donors (Lipinski definition) is 1. The van der Waals surface area contributed by atoms with Crippen LogP contribution in [0.1, 0.15) is 22.3 Å². The lowest BCUT2D eigenvalue weighted by Gasteiger charge is -2.13. The molecular formula is C20H17ClF3NO. The monoisotopic (exact) mass is 379 g/mol. The first kappa shape index (κ1) is 19.8. The Kier molecular flexibility index (Phi) is 6.27. The predicted octanol–water partition coefficient (Wildman–Crippen LogP) is 6.05. The SMILES string of the molecule is C=C/C=C\c1cc(NC(=O)Cc2cccc(C(F)(F)F)c2Cl)ccc1C. The van der Waals surface area contributed by atoms with Gasteiger partial charge in [-0.3, -0.25) is 4.79 Å². The van der Waals surface area contributed by atoms with Crippen molar-refractivity contribution >= 4 is 29.3 Å². The van der Waals surface area contributed by atoms with Gasteiger partial charge in [-0.1, -0.05) is 54.6 Å². The highest BCUT2D eigenvalue weighted by Gasteiger charge is 2.33. The van der Waals surface area contributed by atoms with Crippen LogP contribution < -0.4 is 5.32 Å². The zero-order valence-corrected chi connectivity index (χ0v) is 14.8. The molecule has 6 heteroatoms. The summed E-state index contributed by atoms with van der Waals surface area (Å²) in [6, 6.07) is 8.89. The largest absolute Gasteiger partial charge is 0.417 e. The van der Waals surface area contributed by atoms with E-state index in [2.05, 4.69) is 11.9 Å². The fraction of sp³-hybridized carbons (Fsp3) is 0.150.